The van der Waals surface area contributed by atoms with Gasteiger partial charge in [-0.1, -0.05) is 41.9 Å². The van der Waals surface area contributed by atoms with Crippen LogP contribution in [-0.4, -0.2) is 8.42 Å². The standard InChI is InChI=1S/C13H11ClN2O2S/c14-10-6-2-1-5-9(10)13-15-11-7-3-4-8-12(11)19(17,18)16-13/h1-8,13,15-16H/t13-/m1/s1. The van der Waals surface area contributed by atoms with Crippen LogP contribution in [0, 0.1) is 0 Å². The van der Waals surface area contributed by atoms with E-state index in [0.29, 0.717) is 16.3 Å². The zero-order valence-corrected chi connectivity index (χ0v) is 11.4. The third kappa shape index (κ3) is 2.20. The van der Waals surface area contributed by atoms with Gasteiger partial charge in [0.15, 0.2) is 0 Å². The summed E-state index contributed by atoms with van der Waals surface area (Å²) in [6.07, 6.45) is -0.561. The SMILES string of the molecule is O=S1(=O)N[C@H](c2ccccc2Cl)Nc2ccccc21. The first-order valence-corrected chi connectivity index (χ1v) is 7.56. The average molecular weight is 295 g/mol. The topological polar surface area (TPSA) is 58.2 Å². The summed E-state index contributed by atoms with van der Waals surface area (Å²) in [6.45, 7) is 0. The Morgan fingerprint density at radius 1 is 1.00 bits per heavy atom. The van der Waals surface area contributed by atoms with Crippen LogP contribution >= 0.6 is 11.6 Å². The van der Waals surface area contributed by atoms with Crippen molar-refractivity contribution in [2.75, 3.05) is 5.32 Å². The first-order chi connectivity index (χ1) is 9.08. The summed E-state index contributed by atoms with van der Waals surface area (Å²) in [5.74, 6) is 0. The fraction of sp³-hybridized carbons (Fsp3) is 0.0769. The van der Waals surface area contributed by atoms with Crippen molar-refractivity contribution in [2.24, 2.45) is 0 Å². The second-order valence-corrected chi connectivity index (χ2v) is 6.31. The maximum atomic E-state index is 12.2. The number of rotatable bonds is 1. The highest BCUT2D eigenvalue weighted by Crippen LogP contribution is 2.32. The van der Waals surface area contributed by atoms with Crippen LogP contribution in [0.5, 0.6) is 0 Å². The third-order valence-corrected chi connectivity index (χ3v) is 4.79. The molecule has 0 aromatic heterocycles. The lowest BCUT2D eigenvalue weighted by atomic mass is 10.1. The minimum Gasteiger partial charge on any atom is -0.364 e. The van der Waals surface area contributed by atoms with E-state index in [-0.39, 0.29) is 4.90 Å². The Kier molecular flexibility index (Phi) is 2.97. The average Bonchev–Trinajstić information content (AvgIpc) is 2.38. The molecule has 0 amide bonds. The van der Waals surface area contributed by atoms with E-state index in [1.54, 1.807) is 42.5 Å². The monoisotopic (exact) mass is 294 g/mol. The van der Waals surface area contributed by atoms with Gasteiger partial charge in [-0.25, -0.2) is 8.42 Å². The van der Waals surface area contributed by atoms with Crippen LogP contribution in [0.4, 0.5) is 5.69 Å². The van der Waals surface area contributed by atoms with Crippen molar-refractivity contribution in [2.45, 2.75) is 11.1 Å². The lowest BCUT2D eigenvalue weighted by Crippen LogP contribution is -2.38. The maximum Gasteiger partial charge on any atom is 0.244 e. The highest BCUT2D eigenvalue weighted by molar-refractivity contribution is 7.89. The normalized spacial score (nSPS) is 20.4. The van der Waals surface area contributed by atoms with Gasteiger partial charge in [-0.05, 0) is 18.2 Å². The summed E-state index contributed by atoms with van der Waals surface area (Å²) < 4.78 is 26.9. The molecule has 0 saturated carbocycles. The largest absolute Gasteiger partial charge is 0.364 e. The summed E-state index contributed by atoms with van der Waals surface area (Å²) in [7, 11) is -3.53. The van der Waals surface area contributed by atoms with Gasteiger partial charge in [0.25, 0.3) is 0 Å². The van der Waals surface area contributed by atoms with Gasteiger partial charge in [-0.15, -0.1) is 0 Å². The highest BCUT2D eigenvalue weighted by atomic mass is 35.5. The quantitative estimate of drug-likeness (QED) is 0.850. The minimum atomic E-state index is -3.53. The van der Waals surface area contributed by atoms with Gasteiger partial charge in [0.1, 0.15) is 11.1 Å². The molecule has 0 bridgehead atoms. The number of halogens is 1. The number of nitrogens with one attached hydrogen (secondary N) is 2. The minimum absolute atomic E-state index is 0.248. The van der Waals surface area contributed by atoms with E-state index in [2.05, 4.69) is 10.0 Å². The molecule has 0 radical (unpaired) electrons. The second kappa shape index (κ2) is 4.52. The predicted octanol–water partition coefficient (Wildman–Crippen LogP) is 2.74. The first kappa shape index (κ1) is 12.5. The van der Waals surface area contributed by atoms with E-state index < -0.39 is 16.2 Å². The number of sulfonamides is 1. The number of para-hydroxylation sites is 1. The molecule has 1 aliphatic heterocycles. The number of anilines is 1. The molecule has 6 heteroatoms. The second-order valence-electron chi connectivity index (χ2n) is 4.22. The molecule has 3 rings (SSSR count). The first-order valence-electron chi connectivity index (χ1n) is 5.70. The zero-order chi connectivity index (χ0) is 13.5. The van der Waals surface area contributed by atoms with Crippen molar-refractivity contribution >= 4 is 27.3 Å². The lowest BCUT2D eigenvalue weighted by molar-refractivity contribution is 0.562. The van der Waals surface area contributed by atoms with Crippen molar-refractivity contribution in [3.05, 3.63) is 59.1 Å². The van der Waals surface area contributed by atoms with Gasteiger partial charge < -0.3 is 5.32 Å². The van der Waals surface area contributed by atoms with E-state index in [4.69, 9.17) is 11.6 Å². The van der Waals surface area contributed by atoms with Gasteiger partial charge in [-0.3, -0.25) is 0 Å². The van der Waals surface area contributed by atoms with Crippen molar-refractivity contribution < 1.29 is 8.42 Å². The summed E-state index contributed by atoms with van der Waals surface area (Å²) in [5, 5.41) is 3.65. The predicted molar refractivity (Wildman–Crippen MR) is 74.6 cm³/mol. The summed E-state index contributed by atoms with van der Waals surface area (Å²) in [5.41, 5.74) is 1.27. The molecule has 1 heterocycles. The summed E-state index contributed by atoms with van der Waals surface area (Å²) in [4.78, 5) is 0.248. The molecule has 2 N–H and O–H groups in total. The van der Waals surface area contributed by atoms with Gasteiger partial charge in [0, 0.05) is 10.6 Å². The Hall–Kier alpha value is -1.56. The Morgan fingerprint density at radius 2 is 1.68 bits per heavy atom. The number of benzene rings is 2. The molecule has 1 atom stereocenters. The number of hydrogen-bond donors (Lipinski definition) is 2. The van der Waals surface area contributed by atoms with Crippen LogP contribution in [0.25, 0.3) is 0 Å². The molecule has 0 fully saturated rings. The molecule has 0 spiro atoms. The third-order valence-electron chi connectivity index (χ3n) is 2.97. The van der Waals surface area contributed by atoms with Crippen LogP contribution in [0.3, 0.4) is 0 Å². The molecule has 0 unspecified atom stereocenters. The van der Waals surface area contributed by atoms with Crippen molar-refractivity contribution in [3.63, 3.8) is 0 Å². The maximum absolute atomic E-state index is 12.2. The Morgan fingerprint density at radius 3 is 2.47 bits per heavy atom. The highest BCUT2D eigenvalue weighted by Gasteiger charge is 2.30. The van der Waals surface area contributed by atoms with E-state index >= 15 is 0 Å². The zero-order valence-electron chi connectivity index (χ0n) is 9.80. The van der Waals surface area contributed by atoms with Crippen molar-refractivity contribution in [3.8, 4) is 0 Å². The number of fused-ring (bicyclic) bond motifs is 1. The molecular weight excluding hydrogens is 284 g/mol. The van der Waals surface area contributed by atoms with Gasteiger partial charge in [0.05, 0.1) is 5.69 Å². The molecule has 98 valence electrons. The van der Waals surface area contributed by atoms with Crippen molar-refractivity contribution in [1.82, 2.24) is 4.72 Å². The van der Waals surface area contributed by atoms with E-state index in [0.717, 1.165) is 0 Å². The van der Waals surface area contributed by atoms with Crippen molar-refractivity contribution in [1.29, 1.82) is 0 Å². The smallest absolute Gasteiger partial charge is 0.244 e. The molecule has 2 aromatic carbocycles. The molecule has 4 nitrogen and oxygen atoms in total. The van der Waals surface area contributed by atoms with Crippen LogP contribution in [0.15, 0.2) is 53.4 Å². The van der Waals surface area contributed by atoms with Gasteiger partial charge in [-0.2, -0.15) is 4.72 Å². The van der Waals surface area contributed by atoms with Crippen LogP contribution in [0.1, 0.15) is 11.7 Å². The van der Waals surface area contributed by atoms with Crippen LogP contribution < -0.4 is 10.0 Å². The van der Waals surface area contributed by atoms with Crippen LogP contribution in [0.2, 0.25) is 5.02 Å². The molecule has 19 heavy (non-hydrogen) atoms. The Labute approximate surface area is 116 Å². The van der Waals surface area contributed by atoms with E-state index in [1.165, 1.54) is 0 Å². The Bertz CT molecular complexity index is 731. The summed E-state index contributed by atoms with van der Waals surface area (Å²) >= 11 is 6.10. The molecule has 1 aliphatic rings. The molecule has 0 aliphatic carbocycles. The van der Waals surface area contributed by atoms with E-state index in [1.807, 2.05) is 6.07 Å². The molecular formula is C13H11ClN2O2S. The fourth-order valence-electron chi connectivity index (χ4n) is 2.07. The van der Waals surface area contributed by atoms with E-state index in [9.17, 15) is 8.42 Å². The number of hydrogen-bond acceptors (Lipinski definition) is 3. The summed E-state index contributed by atoms with van der Waals surface area (Å²) in [6, 6.07) is 13.9. The molecule has 0 saturated heterocycles. The molecule has 2 aromatic rings. The van der Waals surface area contributed by atoms with Gasteiger partial charge in [0.2, 0.25) is 10.0 Å². The lowest BCUT2D eigenvalue weighted by Gasteiger charge is -2.28. The Balaban J connectivity index is 2.09. The van der Waals surface area contributed by atoms with Gasteiger partial charge >= 0.3 is 0 Å². The van der Waals surface area contributed by atoms with Crippen LogP contribution in [-0.2, 0) is 10.0 Å². The fourth-order valence-corrected chi connectivity index (χ4v) is 3.62.